The molecule has 1 aliphatic carbocycles. The number of morpholine rings is 1. The van der Waals surface area contributed by atoms with Crippen LogP contribution >= 0.6 is 0 Å². The maximum atomic E-state index is 13.2. The molecular weight excluding hydrogens is 395 g/mol. The van der Waals surface area contributed by atoms with Crippen molar-refractivity contribution in [1.29, 1.82) is 0 Å². The average molecular weight is 425 g/mol. The van der Waals surface area contributed by atoms with Crippen LogP contribution in [0.1, 0.15) is 58.4 Å². The average Bonchev–Trinajstić information content (AvgIpc) is 2.84. The van der Waals surface area contributed by atoms with Gasteiger partial charge in [-0.15, -0.1) is 0 Å². The van der Waals surface area contributed by atoms with Gasteiger partial charge in [-0.3, -0.25) is 14.5 Å². The van der Waals surface area contributed by atoms with Gasteiger partial charge in [0.15, 0.2) is 5.78 Å². The van der Waals surface area contributed by atoms with Crippen LogP contribution in [0.3, 0.4) is 0 Å². The number of ketones is 1. The van der Waals surface area contributed by atoms with Gasteiger partial charge in [-0.25, -0.2) is 4.39 Å². The number of amides is 1. The number of hydrogen-bond acceptors (Lipinski definition) is 4. The Morgan fingerprint density at radius 1 is 0.935 bits per heavy atom. The van der Waals surface area contributed by atoms with Crippen LogP contribution in [0.25, 0.3) is 0 Å². The molecule has 164 valence electrons. The van der Waals surface area contributed by atoms with E-state index in [2.05, 4.69) is 10.2 Å². The molecular formula is C25H29FN2O3. The molecule has 0 spiro atoms. The van der Waals surface area contributed by atoms with Gasteiger partial charge in [0, 0.05) is 36.3 Å². The van der Waals surface area contributed by atoms with Gasteiger partial charge in [-0.2, -0.15) is 0 Å². The van der Waals surface area contributed by atoms with Crippen molar-refractivity contribution in [3.05, 3.63) is 71.0 Å². The molecule has 0 radical (unpaired) electrons. The number of carbonyl (C=O) groups excluding carboxylic acids is 2. The highest BCUT2D eigenvalue weighted by atomic mass is 19.1. The van der Waals surface area contributed by atoms with Gasteiger partial charge in [0.1, 0.15) is 5.82 Å². The van der Waals surface area contributed by atoms with E-state index in [0.717, 1.165) is 52.0 Å². The van der Waals surface area contributed by atoms with Crippen LogP contribution in [0, 0.1) is 5.82 Å². The van der Waals surface area contributed by atoms with Gasteiger partial charge in [0.05, 0.1) is 18.8 Å². The first-order valence-corrected chi connectivity index (χ1v) is 11.1. The predicted molar refractivity (Wildman–Crippen MR) is 117 cm³/mol. The van der Waals surface area contributed by atoms with E-state index in [9.17, 15) is 14.0 Å². The van der Waals surface area contributed by atoms with E-state index in [1.807, 2.05) is 0 Å². The van der Waals surface area contributed by atoms with Crippen LogP contribution in [0.2, 0.25) is 0 Å². The Morgan fingerprint density at radius 3 is 2.26 bits per heavy atom. The molecule has 6 heteroatoms. The molecule has 2 aromatic carbocycles. The SMILES string of the molecule is O=C(NCC1(N2CCOCC2)CCCCC1)c1ccccc1C(=O)c1ccc(F)cc1. The molecule has 1 saturated heterocycles. The lowest BCUT2D eigenvalue weighted by molar-refractivity contribution is -0.0361. The van der Waals surface area contributed by atoms with E-state index in [-0.39, 0.29) is 17.2 Å². The zero-order valence-corrected chi connectivity index (χ0v) is 17.7. The van der Waals surface area contributed by atoms with E-state index in [1.165, 1.54) is 30.7 Å². The quantitative estimate of drug-likeness (QED) is 0.717. The summed E-state index contributed by atoms with van der Waals surface area (Å²) < 4.78 is 18.8. The Balaban J connectivity index is 1.52. The Kier molecular flexibility index (Phi) is 6.78. The van der Waals surface area contributed by atoms with Crippen LogP contribution in [0.15, 0.2) is 48.5 Å². The molecule has 1 N–H and O–H groups in total. The number of benzene rings is 2. The molecule has 0 unspecified atom stereocenters. The van der Waals surface area contributed by atoms with Crippen molar-refractivity contribution < 1.29 is 18.7 Å². The highest BCUT2D eigenvalue weighted by Gasteiger charge is 2.39. The lowest BCUT2D eigenvalue weighted by Crippen LogP contribution is -2.59. The fourth-order valence-corrected chi connectivity index (χ4v) is 4.83. The molecule has 0 bridgehead atoms. The first kappa shape index (κ1) is 21.7. The van der Waals surface area contributed by atoms with Crippen molar-refractivity contribution in [3.63, 3.8) is 0 Å². The molecule has 2 aliphatic rings. The summed E-state index contributed by atoms with van der Waals surface area (Å²) >= 11 is 0. The molecule has 0 aromatic heterocycles. The van der Waals surface area contributed by atoms with E-state index >= 15 is 0 Å². The maximum absolute atomic E-state index is 13.2. The largest absolute Gasteiger partial charge is 0.379 e. The standard InChI is InChI=1S/C25H29FN2O3/c26-20-10-8-19(9-11-20)23(29)21-6-2-3-7-22(21)24(30)27-18-25(12-4-1-5-13-25)28-14-16-31-17-15-28/h2-3,6-11H,1,4-5,12-18H2,(H,27,30). The number of carbonyl (C=O) groups is 2. The number of ether oxygens (including phenoxy) is 1. The monoisotopic (exact) mass is 424 g/mol. The fraction of sp³-hybridized carbons (Fsp3) is 0.440. The van der Waals surface area contributed by atoms with Crippen molar-refractivity contribution >= 4 is 11.7 Å². The van der Waals surface area contributed by atoms with Crippen LogP contribution in [0.5, 0.6) is 0 Å². The molecule has 31 heavy (non-hydrogen) atoms. The van der Waals surface area contributed by atoms with E-state index in [1.54, 1.807) is 24.3 Å². The van der Waals surface area contributed by atoms with E-state index < -0.39 is 5.82 Å². The van der Waals surface area contributed by atoms with E-state index in [0.29, 0.717) is 23.2 Å². The minimum absolute atomic E-state index is 0.0480. The number of rotatable bonds is 6. The molecule has 1 saturated carbocycles. The van der Waals surface area contributed by atoms with Gasteiger partial charge in [-0.05, 0) is 43.2 Å². The van der Waals surface area contributed by atoms with Crippen molar-refractivity contribution in [3.8, 4) is 0 Å². The smallest absolute Gasteiger partial charge is 0.252 e. The van der Waals surface area contributed by atoms with Crippen molar-refractivity contribution in [2.45, 2.75) is 37.6 Å². The summed E-state index contributed by atoms with van der Waals surface area (Å²) in [6, 6.07) is 12.2. The third kappa shape index (κ3) is 4.86. The van der Waals surface area contributed by atoms with Gasteiger partial charge < -0.3 is 10.1 Å². The minimum atomic E-state index is -0.400. The van der Waals surface area contributed by atoms with Crippen molar-refractivity contribution in [2.75, 3.05) is 32.8 Å². The summed E-state index contributed by atoms with van der Waals surface area (Å²) in [6.07, 6.45) is 5.67. The van der Waals surface area contributed by atoms with E-state index in [4.69, 9.17) is 4.74 Å². The maximum Gasteiger partial charge on any atom is 0.252 e. The Hall–Kier alpha value is -2.57. The lowest BCUT2D eigenvalue weighted by atomic mass is 9.79. The van der Waals surface area contributed by atoms with Gasteiger partial charge in [0.2, 0.25) is 0 Å². The second kappa shape index (κ2) is 9.71. The molecule has 0 atom stereocenters. The number of nitrogens with zero attached hydrogens (tertiary/aromatic N) is 1. The molecule has 2 aromatic rings. The fourth-order valence-electron chi connectivity index (χ4n) is 4.83. The molecule has 4 rings (SSSR count). The minimum Gasteiger partial charge on any atom is -0.379 e. The Labute approximate surface area is 182 Å². The number of halogens is 1. The number of hydrogen-bond donors (Lipinski definition) is 1. The highest BCUT2D eigenvalue weighted by Crippen LogP contribution is 2.34. The zero-order valence-electron chi connectivity index (χ0n) is 17.7. The summed E-state index contributed by atoms with van der Waals surface area (Å²) in [4.78, 5) is 28.6. The lowest BCUT2D eigenvalue weighted by Gasteiger charge is -2.48. The summed E-state index contributed by atoms with van der Waals surface area (Å²) in [5.41, 5.74) is 0.993. The van der Waals surface area contributed by atoms with Crippen molar-refractivity contribution in [1.82, 2.24) is 10.2 Å². The van der Waals surface area contributed by atoms with Crippen LogP contribution < -0.4 is 5.32 Å². The topological polar surface area (TPSA) is 58.6 Å². The zero-order chi connectivity index (χ0) is 21.7. The summed E-state index contributed by atoms with van der Waals surface area (Å²) in [6.45, 7) is 3.78. The van der Waals surface area contributed by atoms with Crippen LogP contribution in [0.4, 0.5) is 4.39 Å². The highest BCUT2D eigenvalue weighted by molar-refractivity contribution is 6.15. The summed E-state index contributed by atoms with van der Waals surface area (Å²) in [7, 11) is 0. The van der Waals surface area contributed by atoms with Crippen molar-refractivity contribution in [2.24, 2.45) is 0 Å². The summed E-state index contributed by atoms with van der Waals surface area (Å²) in [5.74, 6) is -0.931. The molecule has 2 fully saturated rings. The second-order valence-corrected chi connectivity index (χ2v) is 8.45. The van der Waals surface area contributed by atoms with Gasteiger partial charge >= 0.3 is 0 Å². The Morgan fingerprint density at radius 2 is 1.58 bits per heavy atom. The number of nitrogens with one attached hydrogen (secondary N) is 1. The first-order chi connectivity index (χ1) is 15.1. The van der Waals surface area contributed by atoms with Gasteiger partial charge in [0.25, 0.3) is 5.91 Å². The third-order valence-corrected chi connectivity index (χ3v) is 6.57. The predicted octanol–water partition coefficient (Wildman–Crippen LogP) is 3.82. The molecule has 5 nitrogen and oxygen atoms in total. The van der Waals surface area contributed by atoms with Crippen LogP contribution in [-0.4, -0.2) is 55.0 Å². The summed E-state index contributed by atoms with van der Waals surface area (Å²) in [5, 5.41) is 3.13. The molecule has 1 heterocycles. The Bertz CT molecular complexity index is 917. The molecule has 1 aliphatic heterocycles. The second-order valence-electron chi connectivity index (χ2n) is 8.45. The normalized spacial score (nSPS) is 19.0. The molecule has 1 amide bonds. The van der Waals surface area contributed by atoms with Gasteiger partial charge in [-0.1, -0.05) is 37.5 Å². The third-order valence-electron chi connectivity index (χ3n) is 6.57. The first-order valence-electron chi connectivity index (χ1n) is 11.1. The van der Waals surface area contributed by atoms with Crippen LogP contribution in [-0.2, 0) is 4.74 Å².